The number of hydrogen-bond donors (Lipinski definition) is 2. The monoisotopic (exact) mass is 266 g/mol. The van der Waals surface area contributed by atoms with Gasteiger partial charge in [0.1, 0.15) is 5.00 Å². The minimum atomic E-state index is -0.0212. The number of H-pyrrole nitrogens is 1. The van der Waals surface area contributed by atoms with Gasteiger partial charge in [-0.2, -0.15) is 0 Å². The van der Waals surface area contributed by atoms with Crippen LogP contribution in [0.15, 0.2) is 41.9 Å². The van der Waals surface area contributed by atoms with Crippen LogP contribution in [-0.2, 0) is 4.79 Å². The van der Waals surface area contributed by atoms with Crippen molar-refractivity contribution < 1.29 is 4.79 Å². The van der Waals surface area contributed by atoms with Crippen molar-refractivity contribution in [1.82, 2.24) is 4.98 Å². The van der Waals surface area contributed by atoms with E-state index in [2.05, 4.69) is 16.4 Å². The summed E-state index contributed by atoms with van der Waals surface area (Å²) in [7, 11) is 0. The molecule has 4 rings (SSSR count). The SMILES string of the molecule is O=C1Nc2sccc2/C1=C/c1c[nH]c2ccccc12. The number of fused-ring (bicyclic) bond motifs is 2. The van der Waals surface area contributed by atoms with Gasteiger partial charge in [-0.25, -0.2) is 0 Å². The van der Waals surface area contributed by atoms with Crippen LogP contribution in [0.25, 0.3) is 22.6 Å². The minimum absolute atomic E-state index is 0.0212. The first-order valence-electron chi connectivity index (χ1n) is 6.00. The summed E-state index contributed by atoms with van der Waals surface area (Å²) in [5.41, 5.74) is 3.86. The molecule has 4 heteroatoms. The average Bonchev–Trinajstić information content (AvgIpc) is 3.08. The average molecular weight is 266 g/mol. The van der Waals surface area contributed by atoms with Gasteiger partial charge < -0.3 is 10.3 Å². The zero-order valence-electron chi connectivity index (χ0n) is 9.94. The van der Waals surface area contributed by atoms with Gasteiger partial charge >= 0.3 is 0 Å². The third kappa shape index (κ3) is 1.54. The number of carbonyl (C=O) groups is 1. The van der Waals surface area contributed by atoms with E-state index in [-0.39, 0.29) is 5.91 Å². The molecule has 0 fully saturated rings. The molecule has 1 aromatic carbocycles. The maximum atomic E-state index is 12.0. The lowest BCUT2D eigenvalue weighted by Crippen LogP contribution is -2.03. The molecule has 0 aliphatic carbocycles. The molecule has 0 saturated carbocycles. The number of aromatic amines is 1. The quantitative estimate of drug-likeness (QED) is 0.648. The normalized spacial score (nSPS) is 16.0. The maximum Gasteiger partial charge on any atom is 0.257 e. The first-order chi connectivity index (χ1) is 9.33. The smallest absolute Gasteiger partial charge is 0.257 e. The highest BCUT2D eigenvalue weighted by Gasteiger charge is 2.25. The Balaban J connectivity index is 1.91. The van der Waals surface area contributed by atoms with E-state index in [1.807, 2.05) is 41.9 Å². The van der Waals surface area contributed by atoms with Crippen LogP contribution in [0.1, 0.15) is 11.1 Å². The second kappa shape index (κ2) is 3.83. The first-order valence-corrected chi connectivity index (χ1v) is 6.88. The highest BCUT2D eigenvalue weighted by molar-refractivity contribution is 7.15. The van der Waals surface area contributed by atoms with Crippen molar-refractivity contribution in [2.24, 2.45) is 0 Å². The van der Waals surface area contributed by atoms with E-state index in [9.17, 15) is 4.79 Å². The second-order valence-electron chi connectivity index (χ2n) is 4.47. The Morgan fingerprint density at radius 1 is 1.16 bits per heavy atom. The molecule has 0 saturated heterocycles. The summed E-state index contributed by atoms with van der Waals surface area (Å²) in [4.78, 5) is 15.2. The van der Waals surface area contributed by atoms with Crippen molar-refractivity contribution in [3.63, 3.8) is 0 Å². The minimum Gasteiger partial charge on any atom is -0.361 e. The summed E-state index contributed by atoms with van der Waals surface area (Å²) in [6.07, 6.45) is 3.89. The van der Waals surface area contributed by atoms with Gasteiger partial charge in [-0.15, -0.1) is 11.3 Å². The Morgan fingerprint density at radius 2 is 2.05 bits per heavy atom. The van der Waals surface area contributed by atoms with Gasteiger partial charge in [-0.1, -0.05) is 18.2 Å². The Labute approximate surface area is 113 Å². The summed E-state index contributed by atoms with van der Waals surface area (Å²) in [6, 6.07) is 10.1. The largest absolute Gasteiger partial charge is 0.361 e. The predicted molar refractivity (Wildman–Crippen MR) is 79.1 cm³/mol. The van der Waals surface area contributed by atoms with E-state index in [1.165, 1.54) is 0 Å². The second-order valence-corrected chi connectivity index (χ2v) is 5.38. The molecule has 0 atom stereocenters. The highest BCUT2D eigenvalue weighted by Crippen LogP contribution is 2.37. The topological polar surface area (TPSA) is 44.9 Å². The number of anilines is 1. The Bertz CT molecular complexity index is 825. The molecule has 3 nitrogen and oxygen atoms in total. The van der Waals surface area contributed by atoms with Crippen molar-refractivity contribution in [2.75, 3.05) is 5.32 Å². The van der Waals surface area contributed by atoms with Crippen molar-refractivity contribution in [2.45, 2.75) is 0 Å². The summed E-state index contributed by atoms with van der Waals surface area (Å²) in [5.74, 6) is -0.0212. The van der Waals surface area contributed by atoms with Gasteiger partial charge in [0.2, 0.25) is 0 Å². The number of rotatable bonds is 1. The van der Waals surface area contributed by atoms with Gasteiger partial charge in [-0.05, 0) is 23.6 Å². The van der Waals surface area contributed by atoms with Crippen molar-refractivity contribution in [3.05, 3.63) is 53.0 Å². The molecule has 0 spiro atoms. The molecule has 3 heterocycles. The number of amides is 1. The van der Waals surface area contributed by atoms with E-state index in [0.29, 0.717) is 0 Å². The first kappa shape index (κ1) is 10.6. The molecular weight excluding hydrogens is 256 g/mol. The van der Waals surface area contributed by atoms with E-state index in [0.717, 1.165) is 32.6 Å². The molecular formula is C15H10N2OS. The summed E-state index contributed by atoms with van der Waals surface area (Å²) in [6.45, 7) is 0. The molecule has 0 bridgehead atoms. The van der Waals surface area contributed by atoms with Gasteiger partial charge in [0, 0.05) is 28.2 Å². The van der Waals surface area contributed by atoms with E-state index >= 15 is 0 Å². The van der Waals surface area contributed by atoms with Crippen LogP contribution in [-0.4, -0.2) is 10.9 Å². The lowest BCUT2D eigenvalue weighted by atomic mass is 10.1. The predicted octanol–water partition coefficient (Wildman–Crippen LogP) is 3.72. The van der Waals surface area contributed by atoms with Crippen LogP contribution in [0.3, 0.4) is 0 Å². The van der Waals surface area contributed by atoms with Crippen molar-refractivity contribution in [1.29, 1.82) is 0 Å². The number of aromatic nitrogens is 1. The molecule has 1 amide bonds. The van der Waals surface area contributed by atoms with Gasteiger partial charge in [0.15, 0.2) is 0 Å². The van der Waals surface area contributed by atoms with Gasteiger partial charge in [0.25, 0.3) is 5.91 Å². The summed E-state index contributed by atoms with van der Waals surface area (Å²) in [5, 5.41) is 6.95. The van der Waals surface area contributed by atoms with E-state index in [1.54, 1.807) is 11.3 Å². The molecule has 92 valence electrons. The molecule has 1 aliphatic heterocycles. The maximum absolute atomic E-state index is 12.0. The van der Waals surface area contributed by atoms with Crippen LogP contribution in [0, 0.1) is 0 Å². The standard InChI is InChI=1S/C15H10N2OS/c18-14-12(11-5-6-19-15(11)17-14)7-9-8-16-13-4-2-1-3-10(9)13/h1-8,16H,(H,17,18)/b12-7-. The number of nitrogens with one attached hydrogen (secondary N) is 2. The van der Waals surface area contributed by atoms with Crippen LogP contribution < -0.4 is 5.32 Å². The highest BCUT2D eigenvalue weighted by atomic mass is 32.1. The molecule has 2 aromatic heterocycles. The Morgan fingerprint density at radius 3 is 3.00 bits per heavy atom. The van der Waals surface area contributed by atoms with Crippen molar-refractivity contribution in [3.8, 4) is 0 Å². The van der Waals surface area contributed by atoms with E-state index in [4.69, 9.17) is 0 Å². The Kier molecular flexibility index (Phi) is 2.13. The molecule has 1 aliphatic rings. The zero-order valence-corrected chi connectivity index (χ0v) is 10.8. The van der Waals surface area contributed by atoms with E-state index < -0.39 is 0 Å². The lowest BCUT2D eigenvalue weighted by molar-refractivity contribution is -0.110. The van der Waals surface area contributed by atoms with Crippen LogP contribution in [0.4, 0.5) is 5.00 Å². The fourth-order valence-electron chi connectivity index (χ4n) is 2.42. The lowest BCUT2D eigenvalue weighted by Gasteiger charge is -1.95. The molecule has 19 heavy (non-hydrogen) atoms. The van der Waals surface area contributed by atoms with Gasteiger partial charge in [0.05, 0.1) is 5.57 Å². The fourth-order valence-corrected chi connectivity index (χ4v) is 3.22. The third-order valence-corrected chi connectivity index (χ3v) is 4.18. The molecule has 2 N–H and O–H groups in total. The number of hydrogen-bond acceptors (Lipinski definition) is 2. The van der Waals surface area contributed by atoms with Crippen LogP contribution in [0.5, 0.6) is 0 Å². The van der Waals surface area contributed by atoms with Crippen LogP contribution >= 0.6 is 11.3 Å². The van der Waals surface area contributed by atoms with Crippen LogP contribution in [0.2, 0.25) is 0 Å². The number of thiophene rings is 1. The summed E-state index contributed by atoms with van der Waals surface area (Å²) >= 11 is 1.56. The molecule has 0 radical (unpaired) electrons. The fraction of sp³-hybridized carbons (Fsp3) is 0. The molecule has 0 unspecified atom stereocenters. The number of benzene rings is 1. The van der Waals surface area contributed by atoms with Gasteiger partial charge in [-0.3, -0.25) is 4.79 Å². The molecule has 3 aromatic rings. The summed E-state index contributed by atoms with van der Waals surface area (Å²) < 4.78 is 0. The Hall–Kier alpha value is -2.33. The number of para-hydroxylation sites is 1. The number of carbonyl (C=O) groups excluding carboxylic acids is 1. The zero-order chi connectivity index (χ0) is 12.8. The van der Waals surface area contributed by atoms with Crippen molar-refractivity contribution >= 4 is 44.8 Å². The third-order valence-electron chi connectivity index (χ3n) is 3.35.